The number of ether oxygens (including phenoxy) is 3. The molecule has 6 nitrogen and oxygen atoms in total. The highest BCUT2D eigenvalue weighted by Gasteiger charge is 2.41. The van der Waals surface area contributed by atoms with Gasteiger partial charge in [-0.25, -0.2) is 9.59 Å². The van der Waals surface area contributed by atoms with Gasteiger partial charge < -0.3 is 19.3 Å². The van der Waals surface area contributed by atoms with Crippen LogP contribution in [-0.2, 0) is 23.8 Å². The number of hydrogen-bond acceptors (Lipinski definition) is 6. The Hall–Kier alpha value is -1.66. The fraction of sp³-hybridized carbons (Fsp3) is 0.625. The van der Waals surface area contributed by atoms with Gasteiger partial charge in [0.2, 0.25) is 5.79 Å². The van der Waals surface area contributed by atoms with Crippen molar-refractivity contribution in [3.8, 4) is 0 Å². The first-order chi connectivity index (χ1) is 10.5. The Morgan fingerprint density at radius 1 is 1.14 bits per heavy atom. The van der Waals surface area contributed by atoms with Gasteiger partial charge in [-0.05, 0) is 12.8 Å². The van der Waals surface area contributed by atoms with Gasteiger partial charge in [-0.15, -0.1) is 0 Å². The minimum atomic E-state index is -1.63. The molecule has 1 rings (SSSR count). The van der Waals surface area contributed by atoms with E-state index < -0.39 is 23.8 Å². The first kappa shape index (κ1) is 18.4. The average Bonchev–Trinajstić information content (AvgIpc) is 2.68. The smallest absolute Gasteiger partial charge is 0.332 e. The van der Waals surface area contributed by atoms with Crippen LogP contribution in [0.25, 0.3) is 0 Å². The fourth-order valence-corrected chi connectivity index (χ4v) is 2.33. The lowest BCUT2D eigenvalue weighted by atomic mass is 10.0. The van der Waals surface area contributed by atoms with E-state index in [2.05, 4.69) is 13.2 Å². The molecule has 0 radical (unpaired) electrons. The van der Waals surface area contributed by atoms with Crippen molar-refractivity contribution in [2.24, 2.45) is 0 Å². The van der Waals surface area contributed by atoms with Crippen molar-refractivity contribution in [2.75, 3.05) is 13.2 Å². The van der Waals surface area contributed by atoms with Crippen molar-refractivity contribution in [2.45, 2.75) is 50.4 Å². The van der Waals surface area contributed by atoms with E-state index in [0.717, 1.165) is 31.4 Å². The van der Waals surface area contributed by atoms with Gasteiger partial charge in [0.15, 0.2) is 0 Å². The quantitative estimate of drug-likeness (QED) is 0.242. The van der Waals surface area contributed by atoms with E-state index in [-0.39, 0.29) is 6.61 Å². The van der Waals surface area contributed by atoms with Crippen LogP contribution in [0.1, 0.15) is 38.5 Å². The van der Waals surface area contributed by atoms with Crippen molar-refractivity contribution in [1.29, 1.82) is 0 Å². The maximum absolute atomic E-state index is 11.4. The normalized spacial score (nSPS) is 24.9. The Bertz CT molecular complexity index is 405. The number of aliphatic hydroxyl groups is 1. The topological polar surface area (TPSA) is 82.1 Å². The zero-order chi connectivity index (χ0) is 16.4. The van der Waals surface area contributed by atoms with E-state index in [9.17, 15) is 14.7 Å². The van der Waals surface area contributed by atoms with E-state index in [4.69, 9.17) is 14.2 Å². The third-order valence-corrected chi connectivity index (χ3v) is 3.47. The summed E-state index contributed by atoms with van der Waals surface area (Å²) in [4.78, 5) is 22.3. The molecule has 0 aromatic rings. The summed E-state index contributed by atoms with van der Waals surface area (Å²) < 4.78 is 15.6. The number of carbonyl (C=O) groups is 2. The molecule has 0 amide bonds. The van der Waals surface area contributed by atoms with Gasteiger partial charge in [-0.2, -0.15) is 0 Å². The zero-order valence-electron chi connectivity index (χ0n) is 12.8. The molecule has 0 aromatic carbocycles. The lowest BCUT2D eigenvalue weighted by molar-refractivity contribution is -0.256. The van der Waals surface area contributed by atoms with E-state index in [1.54, 1.807) is 0 Å². The minimum absolute atomic E-state index is 0.211. The van der Waals surface area contributed by atoms with E-state index in [1.165, 1.54) is 0 Å². The number of carbonyl (C=O) groups excluding carboxylic acids is 2. The summed E-state index contributed by atoms with van der Waals surface area (Å²) >= 11 is 0. The van der Waals surface area contributed by atoms with Crippen molar-refractivity contribution in [1.82, 2.24) is 0 Å². The maximum Gasteiger partial charge on any atom is 0.332 e. The molecule has 1 N–H and O–H groups in total. The summed E-state index contributed by atoms with van der Waals surface area (Å²) in [7, 11) is 0. The molecule has 1 aliphatic rings. The van der Waals surface area contributed by atoms with Gasteiger partial charge in [0.05, 0.1) is 13.2 Å². The number of hydrogen-bond donors (Lipinski definition) is 1. The van der Waals surface area contributed by atoms with Gasteiger partial charge in [-0.3, -0.25) is 0 Å². The van der Waals surface area contributed by atoms with Crippen LogP contribution in [0, 0.1) is 0 Å². The van der Waals surface area contributed by atoms with Gasteiger partial charge in [0.1, 0.15) is 6.10 Å². The van der Waals surface area contributed by atoms with Crippen LogP contribution in [0.4, 0.5) is 0 Å². The fourth-order valence-electron chi connectivity index (χ4n) is 2.33. The molecule has 1 aliphatic carbocycles. The van der Waals surface area contributed by atoms with Crippen LogP contribution in [0.15, 0.2) is 25.3 Å². The highest BCUT2D eigenvalue weighted by Crippen LogP contribution is 2.31. The molecule has 0 aromatic heterocycles. The van der Waals surface area contributed by atoms with Crippen molar-refractivity contribution in [3.05, 3.63) is 25.3 Å². The van der Waals surface area contributed by atoms with Gasteiger partial charge in [-0.1, -0.05) is 26.0 Å². The Morgan fingerprint density at radius 3 is 2.55 bits per heavy atom. The summed E-state index contributed by atoms with van der Waals surface area (Å²) in [6.07, 6.45) is 5.56. The summed E-state index contributed by atoms with van der Waals surface area (Å²) in [5.74, 6) is -2.77. The Kier molecular flexibility index (Phi) is 7.84. The van der Waals surface area contributed by atoms with E-state index >= 15 is 0 Å². The third kappa shape index (κ3) is 5.99. The predicted molar refractivity (Wildman–Crippen MR) is 79.8 cm³/mol. The molecule has 0 saturated heterocycles. The van der Waals surface area contributed by atoms with E-state index in [1.807, 2.05) is 0 Å². The molecular weight excluding hydrogens is 288 g/mol. The van der Waals surface area contributed by atoms with Crippen LogP contribution in [0.5, 0.6) is 0 Å². The summed E-state index contributed by atoms with van der Waals surface area (Å²) in [5.41, 5.74) is 0. The zero-order valence-corrected chi connectivity index (χ0v) is 12.8. The molecule has 22 heavy (non-hydrogen) atoms. The minimum Gasteiger partial charge on any atom is -0.462 e. The highest BCUT2D eigenvalue weighted by molar-refractivity contribution is 5.81. The van der Waals surface area contributed by atoms with Crippen molar-refractivity contribution < 1.29 is 28.9 Å². The Morgan fingerprint density at radius 2 is 1.86 bits per heavy atom. The molecule has 1 saturated carbocycles. The second-order valence-corrected chi connectivity index (χ2v) is 5.15. The van der Waals surface area contributed by atoms with Crippen LogP contribution < -0.4 is 0 Å². The van der Waals surface area contributed by atoms with E-state index in [0.29, 0.717) is 25.9 Å². The standard InChI is InChI=1S/C16H24O6/c1-3-14(17)21-12-8-11-20-13-9-6-5-7-10-16(13,19)22-15(18)4-2/h3-4,13,19H,1-2,5-12H2. The highest BCUT2D eigenvalue weighted by atomic mass is 16.7. The predicted octanol–water partition coefficient (Wildman–Crippen LogP) is 1.87. The number of rotatable bonds is 8. The molecule has 1 fully saturated rings. The Labute approximate surface area is 130 Å². The lowest BCUT2D eigenvalue weighted by Gasteiger charge is -2.33. The molecule has 0 bridgehead atoms. The van der Waals surface area contributed by atoms with Crippen molar-refractivity contribution in [3.63, 3.8) is 0 Å². The van der Waals surface area contributed by atoms with Gasteiger partial charge >= 0.3 is 11.9 Å². The Balaban J connectivity index is 2.48. The lowest BCUT2D eigenvalue weighted by Crippen LogP contribution is -2.47. The second kappa shape index (κ2) is 9.38. The average molecular weight is 312 g/mol. The number of esters is 2. The maximum atomic E-state index is 11.4. The first-order valence-electron chi connectivity index (χ1n) is 7.50. The van der Waals surface area contributed by atoms with Crippen LogP contribution >= 0.6 is 0 Å². The van der Waals surface area contributed by atoms with Gasteiger partial charge in [0.25, 0.3) is 0 Å². The largest absolute Gasteiger partial charge is 0.462 e. The van der Waals surface area contributed by atoms with Gasteiger partial charge in [0, 0.05) is 25.0 Å². The molecule has 0 heterocycles. The summed E-state index contributed by atoms with van der Waals surface area (Å²) in [6.45, 7) is 7.14. The molecular formula is C16H24O6. The van der Waals surface area contributed by atoms with Crippen LogP contribution in [0.2, 0.25) is 0 Å². The molecule has 0 aliphatic heterocycles. The third-order valence-electron chi connectivity index (χ3n) is 3.47. The molecule has 6 heteroatoms. The van der Waals surface area contributed by atoms with Crippen molar-refractivity contribution >= 4 is 11.9 Å². The summed E-state index contributed by atoms with van der Waals surface area (Å²) in [6, 6.07) is 0. The SMILES string of the molecule is C=CC(=O)OCCCOC1CCCCCC1(O)OC(=O)C=C. The second-order valence-electron chi connectivity index (χ2n) is 5.15. The molecule has 2 atom stereocenters. The summed E-state index contributed by atoms with van der Waals surface area (Å²) in [5, 5.41) is 10.6. The first-order valence-corrected chi connectivity index (χ1v) is 7.50. The monoisotopic (exact) mass is 312 g/mol. The molecule has 2 unspecified atom stereocenters. The van der Waals surface area contributed by atoms with Crippen LogP contribution in [-0.4, -0.2) is 42.1 Å². The molecule has 0 spiro atoms. The van der Waals surface area contributed by atoms with Crippen LogP contribution in [0.3, 0.4) is 0 Å². The molecule has 124 valence electrons.